The number of rotatable bonds is 7. The summed E-state index contributed by atoms with van der Waals surface area (Å²) in [5.74, 6) is 0.414. The van der Waals surface area contributed by atoms with Crippen LogP contribution in [0.1, 0.15) is 55.1 Å². The molecule has 2 aromatic rings. The van der Waals surface area contributed by atoms with Crippen molar-refractivity contribution in [2.24, 2.45) is 0 Å². The zero-order valence-electron chi connectivity index (χ0n) is 21.6. The van der Waals surface area contributed by atoms with Crippen molar-refractivity contribution in [2.45, 2.75) is 59.2 Å². The van der Waals surface area contributed by atoms with E-state index in [4.69, 9.17) is 21.1 Å². The number of nitrogens with one attached hydrogen (secondary N) is 2. The first-order valence-electron chi connectivity index (χ1n) is 12.2. The molecule has 0 spiro atoms. The van der Waals surface area contributed by atoms with Crippen LogP contribution in [0.5, 0.6) is 5.75 Å². The van der Waals surface area contributed by atoms with Gasteiger partial charge in [0.25, 0.3) is 5.91 Å². The number of anilines is 2. The number of β-amino-alcohol motifs (C(OH)–C–C–N with tert-alkyl or cyclic N) is 1. The predicted octanol–water partition coefficient (Wildman–Crippen LogP) is 5.07. The number of ether oxygens (including phenoxy) is 2. The Hall–Kier alpha value is -2.97. The van der Waals surface area contributed by atoms with E-state index >= 15 is 0 Å². The van der Waals surface area contributed by atoms with Crippen molar-refractivity contribution in [3.05, 3.63) is 52.0 Å². The molecule has 0 aromatic heterocycles. The summed E-state index contributed by atoms with van der Waals surface area (Å²) < 4.78 is 11.1. The Bertz CT molecular complexity index is 1080. The van der Waals surface area contributed by atoms with E-state index in [2.05, 4.69) is 15.5 Å². The maximum absolute atomic E-state index is 13.0. The Kier molecular flexibility index (Phi) is 9.08. The topological polar surface area (TPSA) is 100 Å². The van der Waals surface area contributed by atoms with Gasteiger partial charge in [0, 0.05) is 35.1 Å². The van der Waals surface area contributed by atoms with Crippen LogP contribution in [0.3, 0.4) is 0 Å². The van der Waals surface area contributed by atoms with Crippen molar-refractivity contribution in [2.75, 3.05) is 36.5 Å². The van der Waals surface area contributed by atoms with Crippen molar-refractivity contribution >= 4 is 35.0 Å². The number of nitrogens with zero attached hydrogens (tertiary/aromatic N) is 1. The minimum Gasteiger partial charge on any atom is -0.491 e. The summed E-state index contributed by atoms with van der Waals surface area (Å²) in [6, 6.07) is 8.96. The maximum Gasteiger partial charge on any atom is 0.407 e. The maximum atomic E-state index is 13.0. The number of amides is 2. The molecule has 0 bridgehead atoms. The molecule has 1 atom stereocenters. The number of hydrogen-bond donors (Lipinski definition) is 3. The standard InChI is InChI=1S/C27H36ClN3O5/c1-17-11-19(12-18(2)24(17)35-10-8-29-26(34)36-27(3,4)5)25(33)30-21-13-20(28)14-22(15-21)31-9-6-7-23(32)16-31/h11-15,23,32H,6-10,16H2,1-5H3,(H,29,34)(H,30,33). The van der Waals surface area contributed by atoms with E-state index < -0.39 is 11.7 Å². The summed E-state index contributed by atoms with van der Waals surface area (Å²) in [6.07, 6.45) is 0.835. The molecule has 1 aliphatic rings. The molecular weight excluding hydrogens is 482 g/mol. The lowest BCUT2D eigenvalue weighted by Gasteiger charge is -2.32. The minimum absolute atomic E-state index is 0.258. The summed E-state index contributed by atoms with van der Waals surface area (Å²) in [7, 11) is 0. The third-order valence-corrected chi connectivity index (χ3v) is 5.86. The van der Waals surface area contributed by atoms with Gasteiger partial charge in [-0.1, -0.05) is 11.6 Å². The van der Waals surface area contributed by atoms with Crippen LogP contribution < -0.4 is 20.3 Å². The van der Waals surface area contributed by atoms with Gasteiger partial charge in [-0.25, -0.2) is 4.79 Å². The van der Waals surface area contributed by atoms with E-state index in [1.807, 2.05) is 26.0 Å². The molecule has 1 aliphatic heterocycles. The van der Waals surface area contributed by atoms with Crippen LogP contribution in [0, 0.1) is 13.8 Å². The lowest BCUT2D eigenvalue weighted by molar-refractivity contribution is 0.0520. The van der Waals surface area contributed by atoms with Gasteiger partial charge >= 0.3 is 6.09 Å². The van der Waals surface area contributed by atoms with Gasteiger partial charge < -0.3 is 30.1 Å². The first-order chi connectivity index (χ1) is 16.9. The SMILES string of the molecule is Cc1cc(C(=O)Nc2cc(Cl)cc(N3CCCC(O)C3)c2)cc(C)c1OCCNC(=O)OC(C)(C)C. The van der Waals surface area contributed by atoms with Gasteiger partial charge in [0.05, 0.1) is 12.6 Å². The average molecular weight is 518 g/mol. The van der Waals surface area contributed by atoms with Crippen LogP contribution in [0.4, 0.5) is 16.2 Å². The number of halogens is 1. The predicted molar refractivity (Wildman–Crippen MR) is 143 cm³/mol. The van der Waals surface area contributed by atoms with Crippen molar-refractivity contribution < 1.29 is 24.2 Å². The number of alkyl carbamates (subject to hydrolysis) is 1. The van der Waals surface area contributed by atoms with Crippen LogP contribution in [0.2, 0.25) is 5.02 Å². The Morgan fingerprint density at radius 2 is 1.83 bits per heavy atom. The number of hydrogen-bond acceptors (Lipinski definition) is 6. The third-order valence-electron chi connectivity index (χ3n) is 5.64. The van der Waals surface area contributed by atoms with Crippen molar-refractivity contribution in [1.29, 1.82) is 0 Å². The molecular formula is C27H36ClN3O5. The molecule has 3 rings (SSSR count). The van der Waals surface area contributed by atoms with Crippen LogP contribution in [0.15, 0.2) is 30.3 Å². The van der Waals surface area contributed by atoms with Crippen molar-refractivity contribution in [3.63, 3.8) is 0 Å². The van der Waals surface area contributed by atoms with Crippen molar-refractivity contribution in [3.8, 4) is 5.75 Å². The molecule has 36 heavy (non-hydrogen) atoms. The highest BCUT2D eigenvalue weighted by atomic mass is 35.5. The lowest BCUT2D eigenvalue weighted by atomic mass is 10.0. The molecule has 0 radical (unpaired) electrons. The smallest absolute Gasteiger partial charge is 0.407 e. The van der Waals surface area contributed by atoms with Gasteiger partial charge in [0.15, 0.2) is 0 Å². The van der Waals surface area contributed by atoms with Gasteiger partial charge in [-0.05, 0) is 88.9 Å². The largest absolute Gasteiger partial charge is 0.491 e. The number of carbonyl (C=O) groups is 2. The highest BCUT2D eigenvalue weighted by Crippen LogP contribution is 2.29. The number of carbonyl (C=O) groups excluding carboxylic acids is 2. The van der Waals surface area contributed by atoms with Gasteiger partial charge in [-0.15, -0.1) is 0 Å². The van der Waals surface area contributed by atoms with Gasteiger partial charge in [-0.2, -0.15) is 0 Å². The molecule has 9 heteroatoms. The van der Waals surface area contributed by atoms with E-state index in [1.54, 1.807) is 39.0 Å². The Morgan fingerprint density at radius 1 is 1.14 bits per heavy atom. The zero-order valence-corrected chi connectivity index (χ0v) is 22.4. The molecule has 8 nitrogen and oxygen atoms in total. The van der Waals surface area contributed by atoms with E-state index in [0.29, 0.717) is 35.1 Å². The number of aliphatic hydroxyl groups is 1. The first kappa shape index (κ1) is 27.6. The molecule has 3 N–H and O–H groups in total. The second-order valence-corrected chi connectivity index (χ2v) is 10.5. The van der Waals surface area contributed by atoms with E-state index in [9.17, 15) is 14.7 Å². The van der Waals surface area contributed by atoms with Crippen LogP contribution in [0.25, 0.3) is 0 Å². The fourth-order valence-corrected chi connectivity index (χ4v) is 4.38. The fourth-order valence-electron chi connectivity index (χ4n) is 4.15. The highest BCUT2D eigenvalue weighted by Gasteiger charge is 2.20. The highest BCUT2D eigenvalue weighted by molar-refractivity contribution is 6.31. The second-order valence-electron chi connectivity index (χ2n) is 10.1. The van der Waals surface area contributed by atoms with E-state index in [0.717, 1.165) is 36.2 Å². The Labute approximate surface area is 217 Å². The number of aryl methyl sites for hydroxylation is 2. The third kappa shape index (κ3) is 8.03. The molecule has 0 saturated carbocycles. The molecule has 1 saturated heterocycles. The number of piperidine rings is 1. The lowest BCUT2D eigenvalue weighted by Crippen LogP contribution is -2.38. The monoisotopic (exact) mass is 517 g/mol. The summed E-state index contributed by atoms with van der Waals surface area (Å²) >= 11 is 6.33. The molecule has 2 amide bonds. The van der Waals surface area contributed by atoms with E-state index in [1.165, 1.54) is 0 Å². The molecule has 196 valence electrons. The molecule has 0 aliphatic carbocycles. The van der Waals surface area contributed by atoms with Gasteiger partial charge in [-0.3, -0.25) is 4.79 Å². The first-order valence-corrected chi connectivity index (χ1v) is 12.5. The summed E-state index contributed by atoms with van der Waals surface area (Å²) in [4.78, 5) is 26.9. The van der Waals surface area contributed by atoms with Crippen LogP contribution in [-0.4, -0.2) is 55.1 Å². The molecule has 2 aromatic carbocycles. The van der Waals surface area contributed by atoms with Crippen molar-refractivity contribution in [1.82, 2.24) is 5.32 Å². The average Bonchev–Trinajstić information content (AvgIpc) is 2.76. The Morgan fingerprint density at radius 3 is 2.47 bits per heavy atom. The van der Waals surface area contributed by atoms with Gasteiger partial charge in [0.1, 0.15) is 18.0 Å². The van der Waals surface area contributed by atoms with Gasteiger partial charge in [0.2, 0.25) is 0 Å². The fraction of sp³-hybridized carbons (Fsp3) is 0.481. The second kappa shape index (κ2) is 11.8. The van der Waals surface area contributed by atoms with Crippen LogP contribution in [-0.2, 0) is 4.74 Å². The van der Waals surface area contributed by atoms with E-state index in [-0.39, 0.29) is 18.6 Å². The normalized spacial score (nSPS) is 15.9. The quantitative estimate of drug-likeness (QED) is 0.443. The number of aliphatic hydroxyl groups excluding tert-OH is 1. The zero-order chi connectivity index (χ0) is 26.5. The Balaban J connectivity index is 1.62. The molecule has 1 unspecified atom stereocenters. The number of benzene rings is 2. The molecule has 1 fully saturated rings. The molecule has 1 heterocycles. The minimum atomic E-state index is -0.558. The van der Waals surface area contributed by atoms with Crippen LogP contribution >= 0.6 is 11.6 Å². The summed E-state index contributed by atoms with van der Waals surface area (Å²) in [6.45, 7) is 11.1. The summed E-state index contributed by atoms with van der Waals surface area (Å²) in [5, 5.41) is 16.1. The summed E-state index contributed by atoms with van der Waals surface area (Å²) in [5.41, 5.74) is 3.02.